The first-order valence-electron chi connectivity index (χ1n) is 6.15. The number of aromatic nitrogens is 2. The van der Waals surface area contributed by atoms with Gasteiger partial charge in [-0.3, -0.25) is 4.40 Å². The fourth-order valence-electron chi connectivity index (χ4n) is 2.15. The van der Waals surface area contributed by atoms with Gasteiger partial charge >= 0.3 is 0 Å². The van der Waals surface area contributed by atoms with E-state index in [9.17, 15) is 5.11 Å². The first kappa shape index (κ1) is 13.9. The summed E-state index contributed by atoms with van der Waals surface area (Å²) in [6.07, 6.45) is 4.23. The van der Waals surface area contributed by atoms with Crippen molar-refractivity contribution in [1.82, 2.24) is 9.38 Å². The number of nitrogens with zero attached hydrogens (tertiary/aromatic N) is 2. The predicted octanol–water partition coefficient (Wildman–Crippen LogP) is 3.85. The summed E-state index contributed by atoms with van der Waals surface area (Å²) in [5, 5.41) is 13.4. The van der Waals surface area contributed by atoms with E-state index in [-0.39, 0.29) is 0 Å². The average Bonchev–Trinajstić information content (AvgIpc) is 2.94. The number of benzene rings is 1. The van der Waals surface area contributed by atoms with Crippen molar-refractivity contribution < 1.29 is 5.11 Å². The first-order valence-corrected chi connectivity index (χ1v) is 7.79. The Bertz CT molecular complexity index is 689. The number of rotatable bonds is 4. The molecule has 0 radical (unpaired) electrons. The summed E-state index contributed by atoms with van der Waals surface area (Å²) < 4.78 is 1.95. The maximum atomic E-state index is 10.2. The molecule has 0 amide bonds. The number of aliphatic hydroxyl groups is 1. The van der Waals surface area contributed by atoms with Gasteiger partial charge in [-0.15, -0.1) is 11.3 Å². The van der Waals surface area contributed by atoms with E-state index in [1.165, 1.54) is 0 Å². The van der Waals surface area contributed by atoms with Crippen LogP contribution in [0.1, 0.15) is 11.3 Å². The maximum absolute atomic E-state index is 10.2. The lowest BCUT2D eigenvalue weighted by Crippen LogP contribution is -2.14. The Morgan fingerprint density at radius 3 is 2.70 bits per heavy atom. The van der Waals surface area contributed by atoms with Crippen molar-refractivity contribution in [3.05, 3.63) is 57.3 Å². The molecule has 0 aliphatic rings. The molecule has 3 rings (SSSR count). The van der Waals surface area contributed by atoms with Gasteiger partial charge in [0, 0.05) is 40.7 Å². The predicted molar refractivity (Wildman–Crippen MR) is 82.9 cm³/mol. The Morgan fingerprint density at radius 1 is 1.25 bits per heavy atom. The van der Waals surface area contributed by atoms with Crippen LogP contribution in [0.2, 0.25) is 10.0 Å². The van der Waals surface area contributed by atoms with Gasteiger partial charge in [-0.2, -0.15) is 0 Å². The Hall–Kier alpha value is -1.07. The van der Waals surface area contributed by atoms with E-state index in [0.717, 1.165) is 16.2 Å². The van der Waals surface area contributed by atoms with Gasteiger partial charge in [0.1, 0.15) is 0 Å². The Morgan fingerprint density at radius 2 is 2.00 bits per heavy atom. The van der Waals surface area contributed by atoms with Crippen molar-refractivity contribution in [2.75, 3.05) is 0 Å². The molecular formula is C14H12Cl2N2OS. The molecule has 0 saturated carbocycles. The van der Waals surface area contributed by atoms with Crippen molar-refractivity contribution in [3.63, 3.8) is 0 Å². The fraction of sp³-hybridized carbons (Fsp3) is 0.214. The van der Waals surface area contributed by atoms with Gasteiger partial charge in [0.15, 0.2) is 4.96 Å². The summed E-state index contributed by atoms with van der Waals surface area (Å²) in [5.41, 5.74) is 1.65. The van der Waals surface area contributed by atoms with Crippen molar-refractivity contribution in [2.24, 2.45) is 0 Å². The maximum Gasteiger partial charge on any atom is 0.193 e. The molecule has 0 aliphatic carbocycles. The molecule has 104 valence electrons. The number of halogens is 2. The minimum atomic E-state index is -0.558. The van der Waals surface area contributed by atoms with Gasteiger partial charge < -0.3 is 5.11 Å². The summed E-state index contributed by atoms with van der Waals surface area (Å²) in [6, 6.07) is 5.36. The number of thiazole rings is 1. The standard InChI is InChI=1S/C14H12Cl2N2OS/c15-12-2-1-3-13(16)11(12)7-10(19)6-9-8-18-4-5-20-14(18)17-9/h1-5,8,10,19H,6-7H2. The van der Waals surface area contributed by atoms with Gasteiger partial charge in [-0.1, -0.05) is 29.3 Å². The van der Waals surface area contributed by atoms with Gasteiger partial charge in [-0.25, -0.2) is 4.98 Å². The largest absolute Gasteiger partial charge is 0.392 e. The fourth-order valence-corrected chi connectivity index (χ4v) is 3.42. The summed E-state index contributed by atoms with van der Waals surface area (Å²) in [5.74, 6) is 0. The van der Waals surface area contributed by atoms with E-state index in [2.05, 4.69) is 4.98 Å². The molecule has 3 nitrogen and oxygen atoms in total. The zero-order valence-electron chi connectivity index (χ0n) is 10.5. The van der Waals surface area contributed by atoms with E-state index in [1.54, 1.807) is 29.5 Å². The van der Waals surface area contributed by atoms with Crippen LogP contribution in [0.15, 0.2) is 36.0 Å². The van der Waals surface area contributed by atoms with Crippen molar-refractivity contribution in [2.45, 2.75) is 18.9 Å². The van der Waals surface area contributed by atoms with Crippen LogP contribution in [0.3, 0.4) is 0 Å². The van der Waals surface area contributed by atoms with Gasteiger partial charge in [0.2, 0.25) is 0 Å². The monoisotopic (exact) mass is 326 g/mol. The number of fused-ring (bicyclic) bond motifs is 1. The lowest BCUT2D eigenvalue weighted by Gasteiger charge is -2.11. The van der Waals surface area contributed by atoms with E-state index < -0.39 is 6.10 Å². The smallest absolute Gasteiger partial charge is 0.193 e. The molecule has 0 aliphatic heterocycles. The molecule has 3 aromatic rings. The number of hydrogen-bond acceptors (Lipinski definition) is 3. The zero-order valence-corrected chi connectivity index (χ0v) is 12.8. The van der Waals surface area contributed by atoms with Crippen LogP contribution in [-0.2, 0) is 12.8 Å². The SMILES string of the molecule is OC(Cc1cn2ccsc2n1)Cc1c(Cl)cccc1Cl. The summed E-state index contributed by atoms with van der Waals surface area (Å²) in [4.78, 5) is 5.39. The Labute approximate surface area is 130 Å². The molecule has 6 heteroatoms. The molecule has 0 bridgehead atoms. The van der Waals surface area contributed by atoms with Crippen LogP contribution < -0.4 is 0 Å². The molecule has 20 heavy (non-hydrogen) atoms. The number of imidazole rings is 1. The lowest BCUT2D eigenvalue weighted by atomic mass is 10.0. The van der Waals surface area contributed by atoms with Crippen LogP contribution in [0.4, 0.5) is 0 Å². The molecule has 2 aromatic heterocycles. The van der Waals surface area contributed by atoms with Crippen molar-refractivity contribution in [3.8, 4) is 0 Å². The Balaban J connectivity index is 1.73. The second kappa shape index (κ2) is 5.74. The zero-order chi connectivity index (χ0) is 14.1. The van der Waals surface area contributed by atoms with E-state index >= 15 is 0 Å². The Kier molecular flexibility index (Phi) is 3.98. The third-order valence-corrected chi connectivity index (χ3v) is 4.57. The van der Waals surface area contributed by atoms with Crippen LogP contribution >= 0.6 is 34.5 Å². The molecule has 2 heterocycles. The molecule has 0 fully saturated rings. The lowest BCUT2D eigenvalue weighted by molar-refractivity contribution is 0.174. The second-order valence-corrected chi connectivity index (χ2v) is 6.27. The molecule has 1 N–H and O–H groups in total. The van der Waals surface area contributed by atoms with E-state index in [0.29, 0.717) is 22.9 Å². The highest BCUT2D eigenvalue weighted by Crippen LogP contribution is 2.26. The number of hydrogen-bond donors (Lipinski definition) is 1. The van der Waals surface area contributed by atoms with E-state index in [1.807, 2.05) is 22.2 Å². The molecular weight excluding hydrogens is 315 g/mol. The van der Waals surface area contributed by atoms with Crippen LogP contribution in [0.25, 0.3) is 4.96 Å². The third-order valence-electron chi connectivity index (χ3n) is 3.09. The minimum Gasteiger partial charge on any atom is -0.392 e. The highest BCUT2D eigenvalue weighted by atomic mass is 35.5. The van der Waals surface area contributed by atoms with Crippen molar-refractivity contribution in [1.29, 1.82) is 0 Å². The summed E-state index contributed by atoms with van der Waals surface area (Å²) in [7, 11) is 0. The molecule has 1 atom stereocenters. The minimum absolute atomic E-state index is 0.420. The highest BCUT2D eigenvalue weighted by Gasteiger charge is 2.14. The number of aliphatic hydroxyl groups excluding tert-OH is 1. The van der Waals surface area contributed by atoms with Gasteiger partial charge in [0.05, 0.1) is 11.8 Å². The first-order chi connectivity index (χ1) is 9.63. The summed E-state index contributed by atoms with van der Waals surface area (Å²) in [6.45, 7) is 0. The van der Waals surface area contributed by atoms with Gasteiger partial charge in [0.25, 0.3) is 0 Å². The van der Waals surface area contributed by atoms with Crippen LogP contribution in [-0.4, -0.2) is 20.6 Å². The van der Waals surface area contributed by atoms with Crippen LogP contribution in [0.5, 0.6) is 0 Å². The van der Waals surface area contributed by atoms with E-state index in [4.69, 9.17) is 23.2 Å². The molecule has 1 aromatic carbocycles. The third kappa shape index (κ3) is 2.83. The average molecular weight is 327 g/mol. The topological polar surface area (TPSA) is 37.5 Å². The highest BCUT2D eigenvalue weighted by molar-refractivity contribution is 7.15. The van der Waals surface area contributed by atoms with Gasteiger partial charge in [-0.05, 0) is 17.7 Å². The second-order valence-electron chi connectivity index (χ2n) is 4.59. The quantitative estimate of drug-likeness (QED) is 0.790. The normalized spacial score (nSPS) is 12.9. The van der Waals surface area contributed by atoms with Crippen molar-refractivity contribution >= 4 is 39.5 Å². The molecule has 0 saturated heterocycles. The molecule has 0 spiro atoms. The van der Waals surface area contributed by atoms with Crippen LogP contribution in [0, 0.1) is 0 Å². The molecule has 1 unspecified atom stereocenters. The summed E-state index contributed by atoms with van der Waals surface area (Å²) >= 11 is 13.8.